The number of carbonyl (C=O) groups is 1. The molecule has 2 aromatic heterocycles. The predicted octanol–water partition coefficient (Wildman–Crippen LogP) is 4.98. The summed E-state index contributed by atoms with van der Waals surface area (Å²) in [5.74, 6) is 1.51. The number of hydrogen-bond acceptors (Lipinski definition) is 8. The van der Waals surface area contributed by atoms with Crippen molar-refractivity contribution in [3.8, 4) is 0 Å². The van der Waals surface area contributed by atoms with E-state index < -0.39 is 0 Å². The maximum Gasteiger partial charge on any atom is 0.250 e. The van der Waals surface area contributed by atoms with Gasteiger partial charge in [0.15, 0.2) is 8.68 Å². The Labute approximate surface area is 179 Å². The van der Waals surface area contributed by atoms with Crippen LogP contribution >= 0.6 is 46.5 Å². The summed E-state index contributed by atoms with van der Waals surface area (Å²) in [6, 6.07) is 11.3. The number of hydrazone groups is 1. The zero-order valence-corrected chi connectivity index (χ0v) is 17.7. The summed E-state index contributed by atoms with van der Waals surface area (Å²) in [5, 5.41) is 12.8. The third-order valence-electron chi connectivity index (χ3n) is 3.14. The first-order chi connectivity index (χ1) is 13.7. The molecule has 144 valence electrons. The first-order valence-electron chi connectivity index (χ1n) is 8.04. The van der Waals surface area contributed by atoms with Crippen LogP contribution in [0, 0.1) is 0 Å². The van der Waals surface area contributed by atoms with Crippen LogP contribution in [-0.4, -0.2) is 28.1 Å². The maximum absolute atomic E-state index is 11.8. The lowest BCUT2D eigenvalue weighted by Gasteiger charge is -1.98. The van der Waals surface area contributed by atoms with E-state index in [1.165, 1.54) is 29.3 Å². The Bertz CT molecular complexity index is 940. The number of nitrogens with one attached hydrogen (secondary N) is 1. The van der Waals surface area contributed by atoms with Crippen LogP contribution in [0.25, 0.3) is 6.08 Å². The minimum atomic E-state index is -0.210. The van der Waals surface area contributed by atoms with Crippen molar-refractivity contribution in [2.75, 3.05) is 5.75 Å². The van der Waals surface area contributed by atoms with Crippen molar-refractivity contribution >= 4 is 64.7 Å². The molecule has 0 radical (unpaired) electrons. The predicted molar refractivity (Wildman–Crippen MR) is 116 cm³/mol. The molecule has 0 atom stereocenters. The molecule has 0 aliphatic heterocycles. The third kappa shape index (κ3) is 7.16. The van der Waals surface area contributed by atoms with Crippen LogP contribution in [0.5, 0.6) is 0 Å². The summed E-state index contributed by atoms with van der Waals surface area (Å²) in [4.78, 5) is 11.8. The van der Waals surface area contributed by atoms with E-state index >= 15 is 0 Å². The van der Waals surface area contributed by atoms with E-state index in [-0.39, 0.29) is 11.7 Å². The van der Waals surface area contributed by atoms with Gasteiger partial charge < -0.3 is 4.42 Å². The normalized spacial score (nSPS) is 11.5. The molecule has 0 spiro atoms. The van der Waals surface area contributed by atoms with Crippen molar-refractivity contribution in [3.05, 3.63) is 65.1 Å². The number of hydrogen-bond donors (Lipinski definition) is 1. The number of benzene rings is 1. The minimum absolute atomic E-state index is 0.210. The Balaban J connectivity index is 1.36. The van der Waals surface area contributed by atoms with Crippen molar-refractivity contribution in [3.63, 3.8) is 0 Å². The second kappa shape index (κ2) is 11.1. The number of rotatable bonds is 9. The smallest absolute Gasteiger partial charge is 0.250 e. The van der Waals surface area contributed by atoms with Crippen molar-refractivity contribution < 1.29 is 9.21 Å². The molecule has 0 aliphatic carbocycles. The van der Waals surface area contributed by atoms with E-state index in [1.807, 2.05) is 30.3 Å². The summed E-state index contributed by atoms with van der Waals surface area (Å²) in [7, 11) is 0. The summed E-state index contributed by atoms with van der Waals surface area (Å²) >= 11 is 10.3. The first kappa shape index (κ1) is 20.7. The van der Waals surface area contributed by atoms with E-state index in [0.717, 1.165) is 25.0 Å². The van der Waals surface area contributed by atoms with Gasteiger partial charge in [0, 0.05) is 17.0 Å². The summed E-state index contributed by atoms with van der Waals surface area (Å²) in [5.41, 5.74) is 3.62. The lowest BCUT2D eigenvalue weighted by atomic mass is 10.2. The molecule has 1 N–H and O–H groups in total. The first-order valence-corrected chi connectivity index (χ1v) is 11.2. The average Bonchev–Trinajstić information content (AvgIpc) is 3.38. The summed E-state index contributed by atoms with van der Waals surface area (Å²) in [6.07, 6.45) is 6.50. The standard InChI is InChI=1S/C18H15ClN4O2S3/c19-14-7-5-13(6-8-14)11-26-17-22-23-18(28-17)27-12-16(24)21-20-9-1-3-15-4-2-10-25-15/h1-10H,11-12H2,(H,21,24). The highest BCUT2D eigenvalue weighted by atomic mass is 35.5. The van der Waals surface area contributed by atoms with Gasteiger partial charge in [-0.3, -0.25) is 4.79 Å². The molecule has 10 heteroatoms. The number of aromatic nitrogens is 2. The van der Waals surface area contributed by atoms with Crippen LogP contribution in [-0.2, 0) is 10.5 Å². The Morgan fingerprint density at radius 3 is 2.75 bits per heavy atom. The van der Waals surface area contributed by atoms with Crippen molar-refractivity contribution in [1.82, 2.24) is 15.6 Å². The number of halogens is 1. The van der Waals surface area contributed by atoms with Crippen LogP contribution < -0.4 is 5.43 Å². The van der Waals surface area contributed by atoms with Crippen LogP contribution in [0.1, 0.15) is 11.3 Å². The fourth-order valence-corrected chi connectivity index (χ4v) is 4.77. The van der Waals surface area contributed by atoms with Gasteiger partial charge in [0.1, 0.15) is 5.76 Å². The molecule has 1 amide bonds. The van der Waals surface area contributed by atoms with Crippen LogP contribution in [0.15, 0.2) is 66.9 Å². The van der Waals surface area contributed by atoms with Gasteiger partial charge in [-0.05, 0) is 42.0 Å². The second-order valence-electron chi connectivity index (χ2n) is 5.23. The topological polar surface area (TPSA) is 80.4 Å². The quantitative estimate of drug-likeness (QED) is 0.281. The number of carbonyl (C=O) groups excluding carboxylic acids is 1. The van der Waals surface area contributed by atoms with Gasteiger partial charge in [0.25, 0.3) is 5.91 Å². The SMILES string of the molecule is O=C(CSc1nnc(SCc2ccc(Cl)cc2)s1)NN=CC=Cc1ccco1. The van der Waals surface area contributed by atoms with Gasteiger partial charge >= 0.3 is 0 Å². The molecule has 0 unspecified atom stereocenters. The number of thioether (sulfide) groups is 2. The van der Waals surface area contributed by atoms with E-state index in [9.17, 15) is 4.79 Å². The zero-order valence-electron chi connectivity index (χ0n) is 14.4. The highest BCUT2D eigenvalue weighted by Gasteiger charge is 2.08. The fourth-order valence-electron chi connectivity index (χ4n) is 1.88. The second-order valence-corrected chi connectivity index (χ2v) is 9.08. The summed E-state index contributed by atoms with van der Waals surface area (Å²) in [6.45, 7) is 0. The third-order valence-corrected chi connectivity index (χ3v) is 6.66. The summed E-state index contributed by atoms with van der Waals surface area (Å²) < 4.78 is 6.75. The molecule has 3 rings (SSSR count). The number of amides is 1. The fraction of sp³-hybridized carbons (Fsp3) is 0.111. The maximum atomic E-state index is 11.8. The lowest BCUT2D eigenvalue weighted by molar-refractivity contribution is -0.118. The molecular weight excluding hydrogens is 436 g/mol. The molecule has 28 heavy (non-hydrogen) atoms. The number of nitrogens with zero attached hydrogens (tertiary/aromatic N) is 3. The van der Waals surface area contributed by atoms with E-state index in [0.29, 0.717) is 5.76 Å². The van der Waals surface area contributed by atoms with Gasteiger partial charge in [0.2, 0.25) is 0 Å². The highest BCUT2D eigenvalue weighted by molar-refractivity contribution is 8.03. The van der Waals surface area contributed by atoms with E-state index in [2.05, 4.69) is 20.7 Å². The lowest BCUT2D eigenvalue weighted by Crippen LogP contribution is -2.19. The van der Waals surface area contributed by atoms with Gasteiger partial charge in [0.05, 0.1) is 12.0 Å². The van der Waals surface area contributed by atoms with Crippen molar-refractivity contribution in [2.45, 2.75) is 14.4 Å². The van der Waals surface area contributed by atoms with E-state index in [1.54, 1.807) is 36.2 Å². The molecule has 0 saturated carbocycles. The van der Waals surface area contributed by atoms with Gasteiger partial charge in [-0.15, -0.1) is 10.2 Å². The molecule has 6 nitrogen and oxygen atoms in total. The average molecular weight is 451 g/mol. The molecular formula is C18H15ClN4O2S3. The molecule has 2 heterocycles. The van der Waals surface area contributed by atoms with Crippen molar-refractivity contribution in [1.29, 1.82) is 0 Å². The van der Waals surface area contributed by atoms with Gasteiger partial charge in [-0.25, -0.2) is 5.43 Å². The zero-order chi connectivity index (χ0) is 19.6. The van der Waals surface area contributed by atoms with Crippen LogP contribution in [0.3, 0.4) is 0 Å². The minimum Gasteiger partial charge on any atom is -0.465 e. The molecule has 0 fully saturated rings. The molecule has 0 bridgehead atoms. The molecule has 3 aromatic rings. The number of furan rings is 1. The number of allylic oxidation sites excluding steroid dienone is 1. The van der Waals surface area contributed by atoms with Crippen molar-refractivity contribution in [2.24, 2.45) is 5.10 Å². The van der Waals surface area contributed by atoms with Crippen LogP contribution in [0.4, 0.5) is 0 Å². The molecule has 0 saturated heterocycles. The Kier molecular flexibility index (Phi) is 8.16. The Morgan fingerprint density at radius 1 is 1.21 bits per heavy atom. The monoisotopic (exact) mass is 450 g/mol. The molecule has 1 aromatic carbocycles. The van der Waals surface area contributed by atoms with E-state index in [4.69, 9.17) is 16.0 Å². The van der Waals surface area contributed by atoms with Gasteiger partial charge in [-0.1, -0.05) is 58.6 Å². The Hall–Kier alpha value is -2.07. The Morgan fingerprint density at radius 2 is 2.00 bits per heavy atom. The largest absolute Gasteiger partial charge is 0.465 e. The van der Waals surface area contributed by atoms with Gasteiger partial charge in [-0.2, -0.15) is 5.10 Å². The highest BCUT2D eigenvalue weighted by Crippen LogP contribution is 2.30. The van der Waals surface area contributed by atoms with Crippen LogP contribution in [0.2, 0.25) is 5.02 Å². The molecule has 0 aliphatic rings.